The summed E-state index contributed by atoms with van der Waals surface area (Å²) in [6.07, 6.45) is 5.81. The molecule has 1 aliphatic heterocycles. The molecule has 0 aromatic heterocycles. The van der Waals surface area contributed by atoms with Gasteiger partial charge in [0.05, 0.1) is 0 Å². The molecule has 1 N–H and O–H groups in total. The highest BCUT2D eigenvalue weighted by molar-refractivity contribution is 5.78. The number of amides is 1. The molecule has 0 radical (unpaired) electrons. The Kier molecular flexibility index (Phi) is 4.24. The summed E-state index contributed by atoms with van der Waals surface area (Å²) in [5.74, 6) is 1.18. The van der Waals surface area contributed by atoms with Gasteiger partial charge in [0.15, 0.2) is 0 Å². The van der Waals surface area contributed by atoms with Crippen LogP contribution in [0.15, 0.2) is 30.3 Å². The van der Waals surface area contributed by atoms with Crippen LogP contribution >= 0.6 is 0 Å². The van der Waals surface area contributed by atoms with Crippen LogP contribution in [0.2, 0.25) is 0 Å². The number of hydrogen-bond donors (Lipinski definition) is 1. The van der Waals surface area contributed by atoms with E-state index >= 15 is 0 Å². The van der Waals surface area contributed by atoms with Crippen LogP contribution in [-0.4, -0.2) is 25.5 Å². The van der Waals surface area contributed by atoms with Gasteiger partial charge < -0.3 is 10.2 Å². The number of carbonyl (C=O) groups is 1. The summed E-state index contributed by atoms with van der Waals surface area (Å²) in [4.78, 5) is 14.5. The SMILES string of the molecule is O=C(NC[C@@H]1CCN(c2ccccc2)C1)C1CCCC1. The van der Waals surface area contributed by atoms with Crippen LogP contribution in [-0.2, 0) is 4.79 Å². The predicted molar refractivity (Wildman–Crippen MR) is 81.7 cm³/mol. The van der Waals surface area contributed by atoms with Gasteiger partial charge >= 0.3 is 0 Å². The molecular weight excluding hydrogens is 248 g/mol. The van der Waals surface area contributed by atoms with Gasteiger partial charge in [-0.1, -0.05) is 31.0 Å². The summed E-state index contributed by atoms with van der Waals surface area (Å²) < 4.78 is 0. The van der Waals surface area contributed by atoms with Crippen molar-refractivity contribution in [1.82, 2.24) is 5.32 Å². The zero-order valence-corrected chi connectivity index (χ0v) is 12.1. The first-order chi connectivity index (χ1) is 9.83. The van der Waals surface area contributed by atoms with E-state index in [9.17, 15) is 4.79 Å². The van der Waals surface area contributed by atoms with Gasteiger partial charge in [0.2, 0.25) is 5.91 Å². The molecule has 20 heavy (non-hydrogen) atoms. The van der Waals surface area contributed by atoms with Gasteiger partial charge in [-0.15, -0.1) is 0 Å². The van der Waals surface area contributed by atoms with Gasteiger partial charge in [-0.3, -0.25) is 4.79 Å². The van der Waals surface area contributed by atoms with Crippen molar-refractivity contribution in [2.75, 3.05) is 24.5 Å². The molecule has 0 spiro atoms. The van der Waals surface area contributed by atoms with Crippen molar-refractivity contribution in [1.29, 1.82) is 0 Å². The van der Waals surface area contributed by atoms with Crippen LogP contribution < -0.4 is 10.2 Å². The van der Waals surface area contributed by atoms with E-state index in [2.05, 4.69) is 40.5 Å². The molecule has 2 aliphatic rings. The van der Waals surface area contributed by atoms with Gasteiger partial charge in [0, 0.05) is 31.2 Å². The Hall–Kier alpha value is -1.51. The number of nitrogens with zero attached hydrogens (tertiary/aromatic N) is 1. The summed E-state index contributed by atoms with van der Waals surface area (Å²) in [5.41, 5.74) is 1.30. The molecule has 1 aliphatic carbocycles. The van der Waals surface area contributed by atoms with Crippen molar-refractivity contribution in [3.8, 4) is 0 Å². The lowest BCUT2D eigenvalue weighted by atomic mass is 10.1. The topological polar surface area (TPSA) is 32.3 Å². The molecule has 1 aromatic rings. The fourth-order valence-electron chi connectivity index (χ4n) is 3.45. The Morgan fingerprint density at radius 2 is 1.90 bits per heavy atom. The zero-order chi connectivity index (χ0) is 13.8. The second-order valence-corrected chi connectivity index (χ2v) is 6.16. The number of carbonyl (C=O) groups excluding carboxylic acids is 1. The van der Waals surface area contributed by atoms with Gasteiger partial charge in [-0.2, -0.15) is 0 Å². The van der Waals surface area contributed by atoms with E-state index in [4.69, 9.17) is 0 Å². The third-order valence-electron chi connectivity index (χ3n) is 4.70. The zero-order valence-electron chi connectivity index (χ0n) is 12.1. The van der Waals surface area contributed by atoms with Crippen molar-refractivity contribution in [2.45, 2.75) is 32.1 Å². The lowest BCUT2D eigenvalue weighted by Crippen LogP contribution is -2.34. The maximum absolute atomic E-state index is 12.0. The third-order valence-corrected chi connectivity index (χ3v) is 4.70. The van der Waals surface area contributed by atoms with Crippen molar-refractivity contribution in [3.63, 3.8) is 0 Å². The molecule has 2 fully saturated rings. The summed E-state index contributed by atoms with van der Waals surface area (Å²) in [5, 5.41) is 3.17. The van der Waals surface area contributed by atoms with Crippen molar-refractivity contribution in [3.05, 3.63) is 30.3 Å². The highest BCUT2D eigenvalue weighted by atomic mass is 16.1. The Balaban J connectivity index is 1.45. The molecule has 1 saturated heterocycles. The number of rotatable bonds is 4. The molecule has 1 atom stereocenters. The first-order valence-corrected chi connectivity index (χ1v) is 7.90. The van der Waals surface area contributed by atoms with Crippen LogP contribution in [0.3, 0.4) is 0 Å². The van der Waals surface area contributed by atoms with E-state index in [0.717, 1.165) is 32.5 Å². The lowest BCUT2D eigenvalue weighted by Gasteiger charge is -2.19. The molecule has 1 saturated carbocycles. The summed E-state index contributed by atoms with van der Waals surface area (Å²) in [7, 11) is 0. The molecule has 3 nitrogen and oxygen atoms in total. The third kappa shape index (κ3) is 3.14. The molecule has 3 rings (SSSR count). The molecule has 1 aromatic carbocycles. The number of hydrogen-bond acceptors (Lipinski definition) is 2. The Morgan fingerprint density at radius 1 is 1.15 bits per heavy atom. The van der Waals surface area contributed by atoms with Crippen LogP contribution in [0.5, 0.6) is 0 Å². The maximum Gasteiger partial charge on any atom is 0.223 e. The standard InChI is InChI=1S/C17H24N2O/c20-17(15-6-4-5-7-15)18-12-14-10-11-19(13-14)16-8-2-1-3-9-16/h1-3,8-9,14-15H,4-7,10-13H2,(H,18,20)/t14-/m0/s1. The largest absolute Gasteiger partial charge is 0.371 e. The number of benzene rings is 1. The summed E-state index contributed by atoms with van der Waals surface area (Å²) in [6, 6.07) is 10.6. The molecule has 3 heteroatoms. The van der Waals surface area contributed by atoms with Crippen LogP contribution in [0.1, 0.15) is 32.1 Å². The first-order valence-electron chi connectivity index (χ1n) is 7.90. The van der Waals surface area contributed by atoms with E-state index in [1.54, 1.807) is 0 Å². The predicted octanol–water partition coefficient (Wildman–Crippen LogP) is 2.82. The molecule has 1 amide bonds. The Labute approximate surface area is 121 Å². The van der Waals surface area contributed by atoms with Gasteiger partial charge in [-0.25, -0.2) is 0 Å². The van der Waals surface area contributed by atoms with E-state index in [1.807, 2.05) is 0 Å². The number of nitrogens with one attached hydrogen (secondary N) is 1. The fourth-order valence-corrected chi connectivity index (χ4v) is 3.45. The monoisotopic (exact) mass is 272 g/mol. The minimum Gasteiger partial charge on any atom is -0.371 e. The Morgan fingerprint density at radius 3 is 2.65 bits per heavy atom. The minimum atomic E-state index is 0.292. The van der Waals surface area contributed by atoms with E-state index in [1.165, 1.54) is 24.9 Å². The maximum atomic E-state index is 12.0. The van der Waals surface area contributed by atoms with E-state index < -0.39 is 0 Å². The molecule has 108 valence electrons. The van der Waals surface area contributed by atoms with Gasteiger partial charge in [0.1, 0.15) is 0 Å². The summed E-state index contributed by atoms with van der Waals surface area (Å²) >= 11 is 0. The Bertz CT molecular complexity index is 440. The van der Waals surface area contributed by atoms with Crippen LogP contribution in [0, 0.1) is 11.8 Å². The number of para-hydroxylation sites is 1. The van der Waals surface area contributed by atoms with Gasteiger partial charge in [-0.05, 0) is 37.3 Å². The van der Waals surface area contributed by atoms with Crippen molar-refractivity contribution < 1.29 is 4.79 Å². The van der Waals surface area contributed by atoms with Crippen molar-refractivity contribution >= 4 is 11.6 Å². The molecule has 0 unspecified atom stereocenters. The number of anilines is 1. The van der Waals surface area contributed by atoms with Crippen molar-refractivity contribution in [2.24, 2.45) is 11.8 Å². The average molecular weight is 272 g/mol. The quantitative estimate of drug-likeness (QED) is 0.914. The van der Waals surface area contributed by atoms with E-state index in [0.29, 0.717) is 17.7 Å². The van der Waals surface area contributed by atoms with Crippen LogP contribution in [0.4, 0.5) is 5.69 Å². The molecule has 0 bridgehead atoms. The first kappa shape index (κ1) is 13.5. The fraction of sp³-hybridized carbons (Fsp3) is 0.588. The lowest BCUT2D eigenvalue weighted by molar-refractivity contribution is -0.124. The van der Waals surface area contributed by atoms with Gasteiger partial charge in [0.25, 0.3) is 0 Å². The summed E-state index contributed by atoms with van der Waals surface area (Å²) in [6.45, 7) is 3.02. The van der Waals surface area contributed by atoms with E-state index in [-0.39, 0.29) is 0 Å². The highest BCUT2D eigenvalue weighted by Crippen LogP contribution is 2.26. The molecular formula is C17H24N2O. The second-order valence-electron chi connectivity index (χ2n) is 6.16. The second kappa shape index (κ2) is 6.29. The minimum absolute atomic E-state index is 0.292. The van der Waals surface area contributed by atoms with Crippen LogP contribution in [0.25, 0.3) is 0 Å². The highest BCUT2D eigenvalue weighted by Gasteiger charge is 2.26. The smallest absolute Gasteiger partial charge is 0.223 e. The average Bonchev–Trinajstić information content (AvgIpc) is 3.17. The molecule has 1 heterocycles. The normalized spacial score (nSPS) is 23.2.